The fourth-order valence-corrected chi connectivity index (χ4v) is 2.86. The molecule has 0 aromatic heterocycles. The molecule has 2 heteroatoms. The van der Waals surface area contributed by atoms with Gasteiger partial charge >= 0.3 is 0 Å². The number of hydrogen-bond acceptors (Lipinski definition) is 2. The van der Waals surface area contributed by atoms with Gasteiger partial charge < -0.3 is 0 Å². The summed E-state index contributed by atoms with van der Waals surface area (Å²) in [5.41, 5.74) is 3.21. The zero-order valence-corrected chi connectivity index (χ0v) is 10.9. The fourth-order valence-electron chi connectivity index (χ4n) is 2.86. The fraction of sp³-hybridized carbons (Fsp3) is 0.600. The predicted molar refractivity (Wildman–Crippen MR) is 70.4 cm³/mol. The van der Waals surface area contributed by atoms with Crippen molar-refractivity contribution in [2.75, 3.05) is 0 Å². The summed E-state index contributed by atoms with van der Waals surface area (Å²) in [6.07, 6.45) is 5.20. The highest BCUT2D eigenvalue weighted by molar-refractivity contribution is 5.30. The van der Waals surface area contributed by atoms with Crippen LogP contribution >= 0.6 is 0 Å². The zero-order chi connectivity index (χ0) is 12.3. The van der Waals surface area contributed by atoms with Gasteiger partial charge in [-0.2, -0.15) is 0 Å². The molecule has 0 amide bonds. The second-order valence-electron chi connectivity index (χ2n) is 5.95. The molecule has 0 unspecified atom stereocenters. The van der Waals surface area contributed by atoms with Crippen LogP contribution in [0.1, 0.15) is 56.6 Å². The summed E-state index contributed by atoms with van der Waals surface area (Å²) in [5.74, 6) is 5.89. The van der Waals surface area contributed by atoms with Crippen LogP contribution in [-0.4, -0.2) is 0 Å². The lowest BCUT2D eigenvalue weighted by Crippen LogP contribution is -2.21. The average molecular weight is 233 g/mol. The molecule has 0 heterocycles. The summed E-state index contributed by atoms with van der Waals surface area (Å²) in [6.45, 7) is 5.27. The summed E-state index contributed by atoms with van der Waals surface area (Å²) in [5, 5.41) is 0. The number of nitrogens with two attached hydrogens (primary N) is 1. The van der Waals surface area contributed by atoms with E-state index < -0.39 is 0 Å². The molecule has 1 fully saturated rings. The van der Waals surface area contributed by atoms with Crippen molar-refractivity contribution < 1.29 is 4.84 Å². The minimum atomic E-state index is 0.524. The Morgan fingerprint density at radius 3 is 2.53 bits per heavy atom. The molecule has 0 spiro atoms. The largest absolute Gasteiger partial charge is 0.300 e. The van der Waals surface area contributed by atoms with Crippen molar-refractivity contribution in [3.05, 3.63) is 35.4 Å². The van der Waals surface area contributed by atoms with Gasteiger partial charge in [-0.1, -0.05) is 38.1 Å². The van der Waals surface area contributed by atoms with Crippen molar-refractivity contribution in [1.29, 1.82) is 0 Å². The Morgan fingerprint density at radius 2 is 1.88 bits per heavy atom. The molecular formula is C15H23NO. The van der Waals surface area contributed by atoms with E-state index in [1.54, 1.807) is 0 Å². The van der Waals surface area contributed by atoms with Crippen LogP contribution in [0.15, 0.2) is 24.3 Å². The Hall–Kier alpha value is -0.860. The monoisotopic (exact) mass is 233 g/mol. The van der Waals surface area contributed by atoms with E-state index in [2.05, 4.69) is 38.1 Å². The zero-order valence-electron chi connectivity index (χ0n) is 10.9. The summed E-state index contributed by atoms with van der Waals surface area (Å²) in [7, 11) is 0. The smallest absolute Gasteiger partial charge is 0.0932 e. The molecule has 1 saturated carbocycles. The predicted octanol–water partition coefficient (Wildman–Crippen LogP) is 3.76. The Bertz CT molecular complexity index is 363. The van der Waals surface area contributed by atoms with Crippen LogP contribution in [0.3, 0.4) is 0 Å². The maximum Gasteiger partial charge on any atom is 0.0932 e. The number of hydrogen-bond donors (Lipinski definition) is 1. The highest BCUT2D eigenvalue weighted by atomic mass is 16.6. The summed E-state index contributed by atoms with van der Waals surface area (Å²) >= 11 is 0. The van der Waals surface area contributed by atoms with Gasteiger partial charge in [0, 0.05) is 0 Å². The molecule has 0 saturated heterocycles. The molecule has 1 aromatic carbocycles. The molecule has 0 aliphatic heterocycles. The van der Waals surface area contributed by atoms with Crippen molar-refractivity contribution >= 4 is 0 Å². The first kappa shape index (κ1) is 12.6. The first-order valence-electron chi connectivity index (χ1n) is 6.52. The highest BCUT2D eigenvalue weighted by Gasteiger charge is 2.28. The topological polar surface area (TPSA) is 35.2 Å². The maximum atomic E-state index is 5.20. The van der Waals surface area contributed by atoms with E-state index in [-0.39, 0.29) is 0 Å². The molecule has 2 N–H and O–H groups in total. The second kappa shape index (κ2) is 5.19. The van der Waals surface area contributed by atoms with Crippen molar-refractivity contribution in [3.63, 3.8) is 0 Å². The molecule has 0 bridgehead atoms. The molecule has 1 aromatic rings. The van der Waals surface area contributed by atoms with Gasteiger partial charge in [0.2, 0.25) is 0 Å². The first-order valence-corrected chi connectivity index (χ1v) is 6.52. The van der Waals surface area contributed by atoms with Crippen LogP contribution < -0.4 is 5.90 Å². The number of benzene rings is 1. The molecule has 94 valence electrons. The van der Waals surface area contributed by atoms with Crippen LogP contribution in [0.25, 0.3) is 0 Å². The van der Waals surface area contributed by atoms with Crippen molar-refractivity contribution in [3.8, 4) is 0 Å². The van der Waals surface area contributed by atoms with Crippen LogP contribution in [-0.2, 0) is 11.4 Å². The van der Waals surface area contributed by atoms with E-state index in [0.29, 0.717) is 17.9 Å². The van der Waals surface area contributed by atoms with E-state index in [4.69, 9.17) is 10.7 Å². The van der Waals surface area contributed by atoms with E-state index in [1.807, 2.05) is 0 Å². The van der Waals surface area contributed by atoms with Gasteiger partial charge in [-0.05, 0) is 48.1 Å². The molecule has 17 heavy (non-hydrogen) atoms. The maximum absolute atomic E-state index is 5.20. The van der Waals surface area contributed by atoms with Gasteiger partial charge in [-0.25, -0.2) is 5.90 Å². The lowest BCUT2D eigenvalue weighted by molar-refractivity contribution is 0.122. The quantitative estimate of drug-likeness (QED) is 0.807. The summed E-state index contributed by atoms with van der Waals surface area (Å²) in [6, 6.07) is 8.54. The van der Waals surface area contributed by atoms with Crippen LogP contribution in [0, 0.1) is 5.41 Å². The van der Waals surface area contributed by atoms with Gasteiger partial charge in [-0.15, -0.1) is 0 Å². The molecule has 2 nitrogen and oxygen atoms in total. The normalized spacial score (nSPS) is 20.4. The van der Waals surface area contributed by atoms with E-state index in [0.717, 1.165) is 0 Å². The molecule has 0 atom stereocenters. The van der Waals surface area contributed by atoms with Gasteiger partial charge in [0.15, 0.2) is 0 Å². The van der Waals surface area contributed by atoms with Gasteiger partial charge in [0.1, 0.15) is 0 Å². The minimum Gasteiger partial charge on any atom is -0.300 e. The van der Waals surface area contributed by atoms with Gasteiger partial charge in [0.25, 0.3) is 0 Å². The third-order valence-electron chi connectivity index (χ3n) is 4.07. The lowest BCUT2D eigenvalue weighted by Gasteiger charge is -2.35. The minimum absolute atomic E-state index is 0.524. The van der Waals surface area contributed by atoms with E-state index in [9.17, 15) is 0 Å². The Morgan fingerprint density at radius 1 is 1.24 bits per heavy atom. The second-order valence-corrected chi connectivity index (χ2v) is 5.95. The SMILES string of the molecule is CC1(C)CCC(c2ccccc2CON)CC1. The highest BCUT2D eigenvalue weighted by Crippen LogP contribution is 2.43. The van der Waals surface area contributed by atoms with Crippen molar-refractivity contribution in [1.82, 2.24) is 0 Å². The molecule has 0 radical (unpaired) electrons. The summed E-state index contributed by atoms with van der Waals surface area (Å²) < 4.78 is 0. The average Bonchev–Trinajstić information content (AvgIpc) is 2.31. The van der Waals surface area contributed by atoms with Crippen molar-refractivity contribution in [2.24, 2.45) is 11.3 Å². The van der Waals surface area contributed by atoms with Crippen LogP contribution in [0.2, 0.25) is 0 Å². The first-order chi connectivity index (χ1) is 8.12. The Balaban J connectivity index is 2.12. The lowest BCUT2D eigenvalue weighted by atomic mass is 9.71. The van der Waals surface area contributed by atoms with Gasteiger partial charge in [-0.3, -0.25) is 4.84 Å². The van der Waals surface area contributed by atoms with E-state index >= 15 is 0 Å². The Labute approximate surface area is 104 Å². The molecule has 1 aliphatic rings. The van der Waals surface area contributed by atoms with Crippen molar-refractivity contribution in [2.45, 2.75) is 52.1 Å². The third kappa shape index (κ3) is 3.08. The van der Waals surface area contributed by atoms with Gasteiger partial charge in [0.05, 0.1) is 6.61 Å². The molecule has 2 rings (SSSR count). The van der Waals surface area contributed by atoms with Crippen LogP contribution in [0.5, 0.6) is 0 Å². The van der Waals surface area contributed by atoms with E-state index in [1.165, 1.54) is 36.8 Å². The third-order valence-corrected chi connectivity index (χ3v) is 4.07. The molecular weight excluding hydrogens is 210 g/mol. The Kier molecular flexibility index (Phi) is 3.85. The van der Waals surface area contributed by atoms with Crippen LogP contribution in [0.4, 0.5) is 0 Å². The number of rotatable bonds is 3. The summed E-state index contributed by atoms with van der Waals surface area (Å²) in [4.78, 5) is 4.80. The standard InChI is InChI=1S/C15H23NO/c1-15(2)9-7-12(8-10-15)14-6-4-3-5-13(14)11-17-16/h3-6,12H,7-11,16H2,1-2H3. The molecule has 1 aliphatic carbocycles.